The highest BCUT2D eigenvalue weighted by Crippen LogP contribution is 2.40. The van der Waals surface area contributed by atoms with Gasteiger partial charge in [-0.1, -0.05) is 0 Å². The summed E-state index contributed by atoms with van der Waals surface area (Å²) < 4.78 is 1.66. The molecule has 2 amide bonds. The first-order chi connectivity index (χ1) is 12.4. The molecule has 1 spiro atoms. The van der Waals surface area contributed by atoms with Gasteiger partial charge in [-0.05, 0) is 56.6 Å². The van der Waals surface area contributed by atoms with Crippen LogP contribution >= 0.6 is 0 Å². The van der Waals surface area contributed by atoms with E-state index >= 15 is 0 Å². The second-order valence-corrected chi connectivity index (χ2v) is 8.19. The first-order valence-corrected chi connectivity index (χ1v) is 9.70. The fourth-order valence-electron chi connectivity index (χ4n) is 5.01. The average molecular weight is 357 g/mol. The van der Waals surface area contributed by atoms with Crippen molar-refractivity contribution in [1.29, 1.82) is 0 Å². The molecule has 3 heterocycles. The van der Waals surface area contributed by atoms with Crippen molar-refractivity contribution >= 4 is 11.8 Å². The Kier molecular flexibility index (Phi) is 4.16. The van der Waals surface area contributed by atoms with Gasteiger partial charge in [-0.25, -0.2) is 0 Å². The van der Waals surface area contributed by atoms with E-state index in [0.29, 0.717) is 19.5 Å². The van der Waals surface area contributed by atoms with Crippen molar-refractivity contribution in [2.75, 3.05) is 26.7 Å². The van der Waals surface area contributed by atoms with E-state index in [-0.39, 0.29) is 22.9 Å². The van der Waals surface area contributed by atoms with Crippen molar-refractivity contribution in [1.82, 2.24) is 14.4 Å². The summed E-state index contributed by atoms with van der Waals surface area (Å²) in [6, 6.07) is 1.82. The monoisotopic (exact) mass is 357 g/mol. The molecule has 2 saturated heterocycles. The van der Waals surface area contributed by atoms with Crippen LogP contribution in [0.5, 0.6) is 0 Å². The highest BCUT2D eigenvalue weighted by atomic mass is 16.2. The topological polar surface area (TPSA) is 62.6 Å². The second kappa shape index (κ2) is 6.25. The largest absolute Gasteiger partial charge is 0.345 e. The van der Waals surface area contributed by atoms with Gasteiger partial charge in [-0.15, -0.1) is 0 Å². The molecule has 1 aromatic rings. The molecule has 1 aromatic heterocycles. The zero-order valence-electron chi connectivity index (χ0n) is 15.7. The Balaban J connectivity index is 1.62. The van der Waals surface area contributed by atoms with Crippen LogP contribution in [0.4, 0.5) is 0 Å². The number of likely N-dealkylation sites (tertiary alicyclic amines) is 2. The molecule has 0 N–H and O–H groups in total. The predicted molar refractivity (Wildman–Crippen MR) is 98.1 cm³/mol. The molecule has 2 aliphatic heterocycles. The number of piperidine rings is 1. The molecule has 0 unspecified atom stereocenters. The van der Waals surface area contributed by atoms with Crippen LogP contribution in [-0.4, -0.2) is 52.9 Å². The number of carbonyl (C=O) groups excluding carboxylic acids is 2. The Labute approximate surface area is 153 Å². The van der Waals surface area contributed by atoms with Crippen LogP contribution in [-0.2, 0) is 24.7 Å². The zero-order chi connectivity index (χ0) is 18.5. The van der Waals surface area contributed by atoms with Crippen molar-refractivity contribution in [3.05, 3.63) is 33.2 Å². The van der Waals surface area contributed by atoms with E-state index in [0.717, 1.165) is 56.3 Å². The number of aromatic nitrogens is 1. The minimum atomic E-state index is -0.442. The number of hydrogen-bond acceptors (Lipinski definition) is 3. The van der Waals surface area contributed by atoms with Crippen LogP contribution in [0.3, 0.4) is 0 Å². The van der Waals surface area contributed by atoms with Crippen molar-refractivity contribution in [2.24, 2.45) is 12.5 Å². The van der Waals surface area contributed by atoms with E-state index < -0.39 is 5.41 Å². The first-order valence-electron chi connectivity index (χ1n) is 9.70. The third-order valence-corrected chi connectivity index (χ3v) is 6.56. The Morgan fingerprint density at radius 3 is 2.62 bits per heavy atom. The van der Waals surface area contributed by atoms with Crippen LogP contribution in [0.25, 0.3) is 0 Å². The Morgan fingerprint density at radius 2 is 1.81 bits per heavy atom. The molecule has 4 rings (SSSR count). The zero-order valence-corrected chi connectivity index (χ0v) is 15.7. The number of nitrogens with zero attached hydrogens (tertiary/aromatic N) is 3. The number of carbonyl (C=O) groups is 2. The number of rotatable bonds is 1. The van der Waals surface area contributed by atoms with Gasteiger partial charge in [0.2, 0.25) is 5.91 Å². The second-order valence-electron chi connectivity index (χ2n) is 8.19. The Hall–Kier alpha value is -2.11. The summed E-state index contributed by atoms with van der Waals surface area (Å²) in [5.41, 5.74) is 1.82. The van der Waals surface area contributed by atoms with Gasteiger partial charge >= 0.3 is 0 Å². The smallest absolute Gasteiger partial charge is 0.263 e. The third-order valence-electron chi connectivity index (χ3n) is 6.56. The molecule has 3 aliphatic rings. The van der Waals surface area contributed by atoms with Gasteiger partial charge in [-0.3, -0.25) is 14.4 Å². The van der Waals surface area contributed by atoms with Gasteiger partial charge in [0.1, 0.15) is 5.56 Å². The highest BCUT2D eigenvalue weighted by molar-refractivity contribution is 5.95. The summed E-state index contributed by atoms with van der Waals surface area (Å²) in [4.78, 5) is 42.1. The number of aryl methyl sites for hydroxylation is 1. The van der Waals surface area contributed by atoms with Crippen LogP contribution in [0.1, 0.15) is 53.7 Å². The maximum Gasteiger partial charge on any atom is 0.263 e. The van der Waals surface area contributed by atoms with Gasteiger partial charge < -0.3 is 14.4 Å². The van der Waals surface area contributed by atoms with E-state index in [1.54, 1.807) is 21.4 Å². The van der Waals surface area contributed by atoms with E-state index in [1.165, 1.54) is 0 Å². The average Bonchev–Trinajstić information content (AvgIpc) is 3.07. The fraction of sp³-hybridized carbons (Fsp3) is 0.650. The fourth-order valence-corrected chi connectivity index (χ4v) is 5.01. The van der Waals surface area contributed by atoms with E-state index in [2.05, 4.69) is 0 Å². The third kappa shape index (κ3) is 2.58. The lowest BCUT2D eigenvalue weighted by molar-refractivity contribution is -0.143. The minimum absolute atomic E-state index is 0.150. The molecule has 140 valence electrons. The standard InChI is InChI=1S/C20H27N3O3/c1-21-10-5-8-20(19(21)26)9-11-23(13-20)18(25)15-12-14-6-3-4-7-16(14)22(2)17(15)24/h12H,3-11,13H2,1-2H3/t20-/m1/s1. The summed E-state index contributed by atoms with van der Waals surface area (Å²) >= 11 is 0. The number of fused-ring (bicyclic) bond motifs is 1. The van der Waals surface area contributed by atoms with Crippen LogP contribution in [0.15, 0.2) is 10.9 Å². The van der Waals surface area contributed by atoms with Gasteiger partial charge in [0, 0.05) is 39.4 Å². The van der Waals surface area contributed by atoms with Crippen LogP contribution < -0.4 is 5.56 Å². The normalized spacial score (nSPS) is 25.7. The molecular weight excluding hydrogens is 330 g/mol. The van der Waals surface area contributed by atoms with E-state index in [4.69, 9.17) is 0 Å². The van der Waals surface area contributed by atoms with Gasteiger partial charge in [0.15, 0.2) is 0 Å². The van der Waals surface area contributed by atoms with Crippen molar-refractivity contribution in [3.63, 3.8) is 0 Å². The lowest BCUT2D eigenvalue weighted by Gasteiger charge is -2.37. The molecule has 1 aliphatic carbocycles. The molecule has 2 fully saturated rings. The highest BCUT2D eigenvalue weighted by Gasteiger charge is 2.48. The maximum absolute atomic E-state index is 13.1. The summed E-state index contributed by atoms with van der Waals surface area (Å²) in [7, 11) is 3.61. The molecule has 0 radical (unpaired) electrons. The van der Waals surface area contributed by atoms with E-state index in [9.17, 15) is 14.4 Å². The van der Waals surface area contributed by atoms with Crippen molar-refractivity contribution < 1.29 is 9.59 Å². The van der Waals surface area contributed by atoms with Crippen LogP contribution in [0.2, 0.25) is 0 Å². The lowest BCUT2D eigenvalue weighted by Crippen LogP contribution is -2.49. The molecular formula is C20H27N3O3. The number of amides is 2. The summed E-state index contributed by atoms with van der Waals surface area (Å²) in [6.07, 6.45) is 6.55. The Morgan fingerprint density at radius 1 is 1.04 bits per heavy atom. The SMILES string of the molecule is CN1CCC[C@]2(CCN(C(=O)c3cc4c(n(C)c3=O)CCCC4)C2)C1=O. The molecule has 6 nitrogen and oxygen atoms in total. The molecule has 26 heavy (non-hydrogen) atoms. The molecule has 0 bridgehead atoms. The van der Waals surface area contributed by atoms with Crippen LogP contribution in [0, 0.1) is 5.41 Å². The molecule has 6 heteroatoms. The molecule has 1 atom stereocenters. The predicted octanol–water partition coefficient (Wildman–Crippen LogP) is 1.35. The molecule has 0 aromatic carbocycles. The van der Waals surface area contributed by atoms with Gasteiger partial charge in [0.25, 0.3) is 11.5 Å². The quantitative estimate of drug-likeness (QED) is 0.762. The van der Waals surface area contributed by atoms with Crippen molar-refractivity contribution in [2.45, 2.75) is 44.9 Å². The Bertz CT molecular complexity index is 828. The van der Waals surface area contributed by atoms with E-state index in [1.807, 2.05) is 13.1 Å². The maximum atomic E-state index is 13.1. The van der Waals surface area contributed by atoms with Gasteiger partial charge in [0.05, 0.1) is 5.41 Å². The summed E-state index contributed by atoms with van der Waals surface area (Å²) in [6.45, 7) is 1.79. The lowest BCUT2D eigenvalue weighted by atomic mass is 9.78. The molecule has 0 saturated carbocycles. The first kappa shape index (κ1) is 17.3. The summed E-state index contributed by atoms with van der Waals surface area (Å²) in [5.74, 6) is -0.0609. The number of hydrogen-bond donors (Lipinski definition) is 0. The number of pyridine rings is 1. The van der Waals surface area contributed by atoms with Crippen molar-refractivity contribution in [3.8, 4) is 0 Å². The minimum Gasteiger partial charge on any atom is -0.345 e. The van der Waals surface area contributed by atoms with Gasteiger partial charge in [-0.2, -0.15) is 0 Å². The summed E-state index contributed by atoms with van der Waals surface area (Å²) in [5, 5.41) is 0.